The largest absolute Gasteiger partial charge is 0.330 e. The van der Waals surface area contributed by atoms with Crippen LogP contribution in [0.5, 0.6) is 0 Å². The van der Waals surface area contributed by atoms with E-state index in [0.29, 0.717) is 0 Å². The molecule has 8 heteroatoms. The van der Waals surface area contributed by atoms with E-state index in [2.05, 4.69) is 10.6 Å². The molecule has 0 unspecified atom stereocenters. The molecule has 96 valence electrons. The van der Waals surface area contributed by atoms with Crippen LogP contribution in [-0.4, -0.2) is 15.9 Å². The van der Waals surface area contributed by atoms with E-state index in [-0.39, 0.29) is 28.8 Å². The Balaban J connectivity index is 2.83. The lowest BCUT2D eigenvalue weighted by atomic mass is 10.2. The minimum absolute atomic E-state index is 0.110. The van der Waals surface area contributed by atoms with Crippen molar-refractivity contribution in [3.8, 4) is 0 Å². The highest BCUT2D eigenvalue weighted by atomic mass is 32.1. The molecule has 0 atom stereocenters. The maximum atomic E-state index is 13.4. The average molecular weight is 271 g/mol. The summed E-state index contributed by atoms with van der Waals surface area (Å²) in [6.07, 6.45) is 0.221. The molecule has 0 aromatic heterocycles. The zero-order valence-corrected chi connectivity index (χ0v) is 10.2. The molecule has 0 saturated carbocycles. The molecular weight excluding hydrogens is 261 g/mol. The van der Waals surface area contributed by atoms with Gasteiger partial charge in [-0.1, -0.05) is 6.92 Å². The van der Waals surface area contributed by atoms with Crippen molar-refractivity contribution >= 4 is 34.6 Å². The monoisotopic (exact) mass is 271 g/mol. The van der Waals surface area contributed by atoms with Gasteiger partial charge in [0.05, 0.1) is 10.6 Å². The first-order chi connectivity index (χ1) is 8.43. The van der Waals surface area contributed by atoms with Gasteiger partial charge in [-0.05, 0) is 18.3 Å². The van der Waals surface area contributed by atoms with Crippen LogP contribution in [0.25, 0.3) is 0 Å². The number of benzene rings is 1. The molecule has 0 spiro atoms. The molecule has 0 aliphatic heterocycles. The van der Waals surface area contributed by atoms with Gasteiger partial charge in [-0.2, -0.15) is 0 Å². The topological polar surface area (TPSA) is 84.3 Å². The highest BCUT2D eigenvalue weighted by molar-refractivity contribution is 7.80. The Labute approximate surface area is 107 Å². The second-order valence-corrected chi connectivity index (χ2v) is 3.69. The molecule has 0 heterocycles. The number of amides is 1. The number of nitro benzene ring substituents is 1. The summed E-state index contributed by atoms with van der Waals surface area (Å²) in [5, 5.41) is 15.1. The van der Waals surface area contributed by atoms with Gasteiger partial charge >= 0.3 is 0 Å². The van der Waals surface area contributed by atoms with Crippen molar-refractivity contribution in [3.05, 3.63) is 34.1 Å². The molecule has 6 nitrogen and oxygen atoms in total. The number of thiocarbonyl (C=S) groups is 1. The van der Waals surface area contributed by atoms with Gasteiger partial charge in [0.15, 0.2) is 5.11 Å². The molecule has 0 bridgehead atoms. The molecule has 1 aromatic carbocycles. The number of halogens is 1. The predicted molar refractivity (Wildman–Crippen MR) is 67.7 cm³/mol. The summed E-state index contributed by atoms with van der Waals surface area (Å²) in [5.74, 6) is -1.04. The summed E-state index contributed by atoms with van der Waals surface area (Å²) < 4.78 is 13.4. The Hall–Kier alpha value is -2.09. The molecule has 1 rings (SSSR count). The fraction of sp³-hybridized carbons (Fsp3) is 0.200. The summed E-state index contributed by atoms with van der Waals surface area (Å²) >= 11 is 4.77. The minimum Gasteiger partial charge on any atom is -0.330 e. The molecule has 18 heavy (non-hydrogen) atoms. The summed E-state index contributed by atoms with van der Waals surface area (Å²) in [6, 6.07) is 2.98. The van der Waals surface area contributed by atoms with Crippen LogP contribution >= 0.6 is 12.2 Å². The van der Waals surface area contributed by atoms with Gasteiger partial charge in [-0.15, -0.1) is 0 Å². The lowest BCUT2D eigenvalue weighted by molar-refractivity contribution is -0.384. The van der Waals surface area contributed by atoms with E-state index in [1.54, 1.807) is 6.92 Å². The third-order valence-electron chi connectivity index (χ3n) is 1.98. The van der Waals surface area contributed by atoms with Gasteiger partial charge in [-0.25, -0.2) is 4.39 Å². The first-order valence-electron chi connectivity index (χ1n) is 4.98. The first-order valence-corrected chi connectivity index (χ1v) is 5.39. The number of nitrogens with one attached hydrogen (secondary N) is 2. The molecule has 0 aliphatic carbocycles. The van der Waals surface area contributed by atoms with Crippen molar-refractivity contribution in [3.63, 3.8) is 0 Å². The molecule has 0 fully saturated rings. The Kier molecular flexibility index (Phi) is 4.67. The number of anilines is 1. The van der Waals surface area contributed by atoms with Gasteiger partial charge in [0, 0.05) is 18.6 Å². The minimum atomic E-state index is -0.700. The zero-order valence-electron chi connectivity index (χ0n) is 9.40. The fourth-order valence-electron chi connectivity index (χ4n) is 1.09. The van der Waals surface area contributed by atoms with Crippen molar-refractivity contribution in [2.45, 2.75) is 13.3 Å². The summed E-state index contributed by atoms with van der Waals surface area (Å²) in [5.41, 5.74) is -0.436. The normalized spacial score (nSPS) is 9.67. The highest BCUT2D eigenvalue weighted by Crippen LogP contribution is 2.20. The Morgan fingerprint density at radius 1 is 1.56 bits per heavy atom. The molecule has 1 aromatic rings. The zero-order chi connectivity index (χ0) is 13.7. The van der Waals surface area contributed by atoms with E-state index < -0.39 is 10.7 Å². The predicted octanol–water partition coefficient (Wildman–Crippen LogP) is 1.96. The van der Waals surface area contributed by atoms with E-state index in [9.17, 15) is 19.3 Å². The molecule has 2 N–H and O–H groups in total. The van der Waals surface area contributed by atoms with Crippen LogP contribution in [0.3, 0.4) is 0 Å². The summed E-state index contributed by atoms with van der Waals surface area (Å²) in [4.78, 5) is 20.9. The van der Waals surface area contributed by atoms with Crippen LogP contribution in [-0.2, 0) is 4.79 Å². The quantitative estimate of drug-likeness (QED) is 0.498. The SMILES string of the molecule is CCC(=O)NC(=S)Nc1cc([N+](=O)[O-])ccc1F. The second-order valence-electron chi connectivity index (χ2n) is 3.28. The number of nitrogens with zero attached hydrogens (tertiary/aromatic N) is 1. The number of hydrogen-bond acceptors (Lipinski definition) is 4. The summed E-state index contributed by atoms with van der Waals surface area (Å²) in [6.45, 7) is 1.63. The lowest BCUT2D eigenvalue weighted by Gasteiger charge is -2.09. The molecule has 0 aliphatic rings. The Bertz CT molecular complexity index is 507. The number of hydrogen-bond donors (Lipinski definition) is 2. The smallest absolute Gasteiger partial charge is 0.271 e. The number of non-ortho nitro benzene ring substituents is 1. The molecule has 0 saturated heterocycles. The highest BCUT2D eigenvalue weighted by Gasteiger charge is 2.12. The number of rotatable bonds is 3. The van der Waals surface area contributed by atoms with Gasteiger partial charge in [0.25, 0.3) is 5.69 Å². The third-order valence-corrected chi connectivity index (χ3v) is 2.19. The van der Waals surface area contributed by atoms with Crippen LogP contribution in [0.4, 0.5) is 15.8 Å². The van der Waals surface area contributed by atoms with Crippen molar-refractivity contribution in [1.29, 1.82) is 0 Å². The Morgan fingerprint density at radius 2 is 2.22 bits per heavy atom. The summed E-state index contributed by atoms with van der Waals surface area (Å²) in [7, 11) is 0. The Morgan fingerprint density at radius 3 is 2.78 bits per heavy atom. The van der Waals surface area contributed by atoms with E-state index in [1.807, 2.05) is 0 Å². The van der Waals surface area contributed by atoms with Crippen LogP contribution in [0.1, 0.15) is 13.3 Å². The van der Waals surface area contributed by atoms with E-state index in [0.717, 1.165) is 18.2 Å². The van der Waals surface area contributed by atoms with E-state index >= 15 is 0 Å². The molecule has 1 amide bonds. The van der Waals surface area contributed by atoms with Crippen molar-refractivity contribution < 1.29 is 14.1 Å². The maximum absolute atomic E-state index is 13.4. The molecular formula is C10H10FN3O3S. The van der Waals surface area contributed by atoms with Crippen LogP contribution in [0.15, 0.2) is 18.2 Å². The van der Waals surface area contributed by atoms with Crippen LogP contribution in [0.2, 0.25) is 0 Å². The maximum Gasteiger partial charge on any atom is 0.271 e. The third kappa shape index (κ3) is 3.74. The number of nitro groups is 1. The van der Waals surface area contributed by atoms with Gasteiger partial charge in [0.2, 0.25) is 5.91 Å². The van der Waals surface area contributed by atoms with E-state index in [4.69, 9.17) is 12.2 Å². The van der Waals surface area contributed by atoms with Gasteiger partial charge in [-0.3, -0.25) is 14.9 Å². The average Bonchev–Trinajstić information content (AvgIpc) is 2.31. The number of carbonyl (C=O) groups excluding carboxylic acids is 1. The lowest BCUT2D eigenvalue weighted by Crippen LogP contribution is -2.33. The fourth-order valence-corrected chi connectivity index (χ4v) is 1.31. The number of carbonyl (C=O) groups is 1. The van der Waals surface area contributed by atoms with Gasteiger partial charge < -0.3 is 10.6 Å². The van der Waals surface area contributed by atoms with Crippen LogP contribution < -0.4 is 10.6 Å². The van der Waals surface area contributed by atoms with E-state index in [1.165, 1.54) is 0 Å². The van der Waals surface area contributed by atoms with Crippen LogP contribution in [0, 0.1) is 15.9 Å². The van der Waals surface area contributed by atoms with Crippen molar-refractivity contribution in [2.24, 2.45) is 0 Å². The standard InChI is InChI=1S/C10H10FN3O3S/c1-2-9(15)13-10(18)12-8-5-6(14(16)17)3-4-7(8)11/h3-5H,2H2,1H3,(H2,12,13,15,18). The van der Waals surface area contributed by atoms with Crippen molar-refractivity contribution in [2.75, 3.05) is 5.32 Å². The van der Waals surface area contributed by atoms with Gasteiger partial charge in [0.1, 0.15) is 5.82 Å². The van der Waals surface area contributed by atoms with Crippen molar-refractivity contribution in [1.82, 2.24) is 5.32 Å². The molecule has 0 radical (unpaired) electrons. The second kappa shape index (κ2) is 6.01. The first kappa shape index (κ1) is 14.0.